The minimum absolute atomic E-state index is 0.0111. The molecule has 0 spiro atoms. The van der Waals surface area contributed by atoms with E-state index in [4.69, 9.17) is 16.6 Å². The Morgan fingerprint density at radius 3 is 2.88 bits per heavy atom. The fourth-order valence-corrected chi connectivity index (χ4v) is 4.45. The molecule has 1 N–H and O–H groups in total. The monoisotopic (exact) mass is 383 g/mol. The van der Waals surface area contributed by atoms with Crippen LogP contribution in [0.15, 0.2) is 48.8 Å². The van der Waals surface area contributed by atoms with E-state index in [2.05, 4.69) is 10.3 Å². The van der Waals surface area contributed by atoms with E-state index >= 15 is 0 Å². The molecule has 4 rings (SSSR count). The second-order valence-corrected chi connectivity index (χ2v) is 7.93. The molecule has 1 aromatic carbocycles. The van der Waals surface area contributed by atoms with Crippen molar-refractivity contribution in [3.8, 4) is 10.6 Å². The predicted octanol–water partition coefficient (Wildman–Crippen LogP) is 4.28. The first-order valence-electron chi connectivity index (χ1n) is 8.60. The van der Waals surface area contributed by atoms with Crippen molar-refractivity contribution in [1.82, 2.24) is 15.3 Å². The molecule has 6 heteroatoms. The lowest BCUT2D eigenvalue weighted by Gasteiger charge is -2.20. The number of benzene rings is 1. The van der Waals surface area contributed by atoms with E-state index in [1.807, 2.05) is 42.6 Å². The molecule has 132 valence electrons. The van der Waals surface area contributed by atoms with Crippen LogP contribution in [0.5, 0.6) is 0 Å². The van der Waals surface area contributed by atoms with Gasteiger partial charge in [-0.1, -0.05) is 23.7 Å². The van der Waals surface area contributed by atoms with E-state index in [-0.39, 0.29) is 11.8 Å². The Balaban J connectivity index is 1.40. The molecule has 0 fully saturated rings. The van der Waals surface area contributed by atoms with E-state index in [0.29, 0.717) is 11.6 Å². The fraction of sp³-hybridized carbons (Fsp3) is 0.250. The van der Waals surface area contributed by atoms with Crippen molar-refractivity contribution in [1.29, 1.82) is 0 Å². The van der Waals surface area contributed by atoms with E-state index in [1.54, 1.807) is 17.5 Å². The molecule has 2 heterocycles. The van der Waals surface area contributed by atoms with Crippen LogP contribution in [0.4, 0.5) is 0 Å². The number of carbonyl (C=O) groups excluding carboxylic acids is 1. The molecular formula is C20H18ClN3OS. The highest BCUT2D eigenvalue weighted by atomic mass is 35.5. The molecule has 4 nitrogen and oxygen atoms in total. The van der Waals surface area contributed by atoms with Crippen LogP contribution in [0.1, 0.15) is 22.6 Å². The van der Waals surface area contributed by atoms with Crippen LogP contribution in [0.3, 0.4) is 0 Å². The third-order valence-corrected chi connectivity index (χ3v) is 6.02. The van der Waals surface area contributed by atoms with Crippen molar-refractivity contribution in [3.63, 3.8) is 0 Å². The van der Waals surface area contributed by atoms with Crippen LogP contribution in [0, 0.1) is 5.92 Å². The van der Waals surface area contributed by atoms with Crippen molar-refractivity contribution in [2.45, 2.75) is 25.8 Å². The summed E-state index contributed by atoms with van der Waals surface area (Å²) in [5.74, 6) is 0.124. The SMILES string of the molecule is O=C(NCc1ccc(Cl)cc1)C1CCc2nc(-c3cccnc3)sc2C1. The van der Waals surface area contributed by atoms with Gasteiger partial charge in [-0.25, -0.2) is 4.98 Å². The zero-order valence-corrected chi connectivity index (χ0v) is 15.7. The second kappa shape index (κ2) is 7.56. The number of amides is 1. The maximum atomic E-state index is 12.6. The Labute approximate surface area is 161 Å². The summed E-state index contributed by atoms with van der Waals surface area (Å²) in [6.07, 6.45) is 6.05. The molecule has 1 aliphatic carbocycles. The van der Waals surface area contributed by atoms with Gasteiger partial charge in [-0.05, 0) is 49.1 Å². The molecule has 3 aromatic rings. The van der Waals surface area contributed by atoms with Crippen molar-refractivity contribution in [3.05, 3.63) is 69.9 Å². The average molecular weight is 384 g/mol. The number of nitrogens with zero attached hydrogens (tertiary/aromatic N) is 2. The average Bonchev–Trinajstić information content (AvgIpc) is 3.11. The minimum Gasteiger partial charge on any atom is -0.352 e. The van der Waals surface area contributed by atoms with Crippen LogP contribution in [0.2, 0.25) is 5.02 Å². The number of rotatable bonds is 4. The molecule has 0 saturated heterocycles. The van der Waals surface area contributed by atoms with Crippen molar-refractivity contribution in [2.24, 2.45) is 5.92 Å². The summed E-state index contributed by atoms with van der Waals surface area (Å²) in [5, 5.41) is 4.74. The highest BCUT2D eigenvalue weighted by Crippen LogP contribution is 2.34. The van der Waals surface area contributed by atoms with E-state index in [1.165, 1.54) is 4.88 Å². The summed E-state index contributed by atoms with van der Waals surface area (Å²) in [5.41, 5.74) is 3.22. The maximum Gasteiger partial charge on any atom is 0.223 e. The van der Waals surface area contributed by atoms with E-state index < -0.39 is 0 Å². The van der Waals surface area contributed by atoms with E-state index in [0.717, 1.165) is 41.1 Å². The van der Waals surface area contributed by atoms with Gasteiger partial charge < -0.3 is 5.32 Å². The van der Waals surface area contributed by atoms with Gasteiger partial charge >= 0.3 is 0 Å². The highest BCUT2D eigenvalue weighted by Gasteiger charge is 2.27. The molecule has 2 aromatic heterocycles. The van der Waals surface area contributed by atoms with Gasteiger partial charge in [0, 0.05) is 40.3 Å². The van der Waals surface area contributed by atoms with Gasteiger partial charge in [-0.2, -0.15) is 0 Å². The van der Waals surface area contributed by atoms with Crippen LogP contribution in [-0.4, -0.2) is 15.9 Å². The van der Waals surface area contributed by atoms with Gasteiger partial charge in [0.15, 0.2) is 0 Å². The Morgan fingerprint density at radius 2 is 2.12 bits per heavy atom. The zero-order valence-electron chi connectivity index (χ0n) is 14.1. The Bertz CT molecular complexity index is 909. The molecule has 0 bridgehead atoms. The van der Waals surface area contributed by atoms with Gasteiger partial charge in [0.1, 0.15) is 5.01 Å². The first kappa shape index (κ1) is 17.2. The van der Waals surface area contributed by atoms with E-state index in [9.17, 15) is 4.79 Å². The fourth-order valence-electron chi connectivity index (χ4n) is 3.15. The quantitative estimate of drug-likeness (QED) is 0.731. The Hall–Kier alpha value is -2.24. The number of thiazole rings is 1. The lowest BCUT2D eigenvalue weighted by atomic mass is 9.90. The summed E-state index contributed by atoms with van der Waals surface area (Å²) in [7, 11) is 0. The predicted molar refractivity (Wildman–Crippen MR) is 104 cm³/mol. The molecule has 1 aliphatic rings. The lowest BCUT2D eigenvalue weighted by Crippen LogP contribution is -2.33. The summed E-state index contributed by atoms with van der Waals surface area (Å²) in [6, 6.07) is 11.5. The molecule has 26 heavy (non-hydrogen) atoms. The number of fused-ring (bicyclic) bond motifs is 1. The summed E-state index contributed by atoms with van der Waals surface area (Å²) in [6.45, 7) is 0.531. The molecule has 0 saturated carbocycles. The van der Waals surface area contributed by atoms with Crippen LogP contribution in [0.25, 0.3) is 10.6 Å². The number of aryl methyl sites for hydroxylation is 1. The standard InChI is InChI=1S/C20H18ClN3OS/c21-16-6-3-13(4-7-16)11-23-19(25)14-5-8-17-18(10-14)26-20(24-17)15-2-1-9-22-12-15/h1-4,6-7,9,12,14H,5,8,10-11H2,(H,23,25). The highest BCUT2D eigenvalue weighted by molar-refractivity contribution is 7.15. The second-order valence-electron chi connectivity index (χ2n) is 6.41. The summed E-state index contributed by atoms with van der Waals surface area (Å²) in [4.78, 5) is 22.7. The van der Waals surface area contributed by atoms with Crippen LogP contribution in [-0.2, 0) is 24.2 Å². The smallest absolute Gasteiger partial charge is 0.223 e. The number of halogens is 1. The van der Waals surface area contributed by atoms with Gasteiger partial charge in [-0.15, -0.1) is 11.3 Å². The molecule has 1 amide bonds. The zero-order chi connectivity index (χ0) is 17.9. The number of hydrogen-bond acceptors (Lipinski definition) is 4. The number of aromatic nitrogens is 2. The van der Waals surface area contributed by atoms with Crippen LogP contribution >= 0.6 is 22.9 Å². The molecule has 1 unspecified atom stereocenters. The topological polar surface area (TPSA) is 54.9 Å². The van der Waals surface area contributed by atoms with Crippen molar-refractivity contribution in [2.75, 3.05) is 0 Å². The van der Waals surface area contributed by atoms with Crippen molar-refractivity contribution >= 4 is 28.8 Å². The van der Waals surface area contributed by atoms with Crippen LogP contribution < -0.4 is 5.32 Å². The Morgan fingerprint density at radius 1 is 1.27 bits per heavy atom. The van der Waals surface area contributed by atoms with Gasteiger partial charge in [0.2, 0.25) is 5.91 Å². The lowest BCUT2D eigenvalue weighted by molar-refractivity contribution is -0.125. The van der Waals surface area contributed by atoms with Crippen molar-refractivity contribution < 1.29 is 4.79 Å². The number of hydrogen-bond donors (Lipinski definition) is 1. The normalized spacial score (nSPS) is 16.1. The van der Waals surface area contributed by atoms with Gasteiger partial charge in [0.25, 0.3) is 0 Å². The first-order valence-corrected chi connectivity index (χ1v) is 9.79. The number of nitrogens with one attached hydrogen (secondary N) is 1. The number of pyridine rings is 1. The van der Waals surface area contributed by atoms with Gasteiger partial charge in [-0.3, -0.25) is 9.78 Å². The molecular weight excluding hydrogens is 366 g/mol. The molecule has 1 atom stereocenters. The molecule has 0 aliphatic heterocycles. The first-order chi connectivity index (χ1) is 12.7. The number of carbonyl (C=O) groups is 1. The maximum absolute atomic E-state index is 12.6. The largest absolute Gasteiger partial charge is 0.352 e. The third kappa shape index (κ3) is 3.79. The summed E-state index contributed by atoms with van der Waals surface area (Å²) < 4.78 is 0. The molecule has 0 radical (unpaired) electrons. The summed E-state index contributed by atoms with van der Waals surface area (Å²) >= 11 is 7.57. The minimum atomic E-state index is 0.0111. The Kier molecular flexibility index (Phi) is 5.00. The third-order valence-electron chi connectivity index (χ3n) is 4.60. The van der Waals surface area contributed by atoms with Gasteiger partial charge in [0.05, 0.1) is 5.69 Å².